The molecule has 1 aromatic carbocycles. The Morgan fingerprint density at radius 1 is 1.23 bits per heavy atom. The molecule has 2 aliphatic heterocycles. The van der Waals surface area contributed by atoms with Crippen LogP contribution in [0.2, 0.25) is 0 Å². The van der Waals surface area contributed by atoms with E-state index in [1.165, 1.54) is 0 Å². The first kappa shape index (κ1) is 18.7. The van der Waals surface area contributed by atoms with Gasteiger partial charge in [0.05, 0.1) is 6.04 Å². The van der Waals surface area contributed by atoms with Crippen LogP contribution in [0.4, 0.5) is 0 Å². The molecule has 2 aliphatic rings. The SMILES string of the molecule is CC(NC(=O)C1(N2CCCC2)CCOCC1)c1ccc(C(N)=NN)cc1. The molecule has 7 heteroatoms. The minimum Gasteiger partial charge on any atom is -0.382 e. The van der Waals surface area contributed by atoms with Crippen LogP contribution in [-0.2, 0) is 9.53 Å². The fourth-order valence-corrected chi connectivity index (χ4v) is 3.97. The summed E-state index contributed by atoms with van der Waals surface area (Å²) in [5.74, 6) is 5.62. The number of ether oxygens (including phenoxy) is 1. The molecule has 1 aromatic rings. The zero-order chi connectivity index (χ0) is 18.6. The predicted molar refractivity (Wildman–Crippen MR) is 102 cm³/mol. The first-order chi connectivity index (χ1) is 12.6. The lowest BCUT2D eigenvalue weighted by Crippen LogP contribution is -2.60. The highest BCUT2D eigenvalue weighted by Gasteiger charge is 2.46. The molecule has 0 saturated carbocycles. The minimum absolute atomic E-state index is 0.0880. The highest BCUT2D eigenvalue weighted by molar-refractivity contribution is 5.97. The molecular formula is C19H29N5O2. The van der Waals surface area contributed by atoms with Crippen molar-refractivity contribution in [3.63, 3.8) is 0 Å². The Morgan fingerprint density at radius 3 is 2.42 bits per heavy atom. The number of hydrogen-bond acceptors (Lipinski definition) is 5. The summed E-state index contributed by atoms with van der Waals surface area (Å²) < 4.78 is 5.53. The van der Waals surface area contributed by atoms with Gasteiger partial charge >= 0.3 is 0 Å². The number of carbonyl (C=O) groups excluding carboxylic acids is 1. The molecule has 0 spiro atoms. The topological polar surface area (TPSA) is 106 Å². The molecule has 3 rings (SSSR count). The molecule has 0 radical (unpaired) electrons. The molecule has 1 atom stereocenters. The summed E-state index contributed by atoms with van der Waals surface area (Å²) in [4.78, 5) is 15.6. The number of benzene rings is 1. The van der Waals surface area contributed by atoms with Crippen LogP contribution in [0.25, 0.3) is 0 Å². The lowest BCUT2D eigenvalue weighted by atomic mass is 9.86. The van der Waals surface area contributed by atoms with Crippen molar-refractivity contribution in [2.24, 2.45) is 16.7 Å². The van der Waals surface area contributed by atoms with Crippen molar-refractivity contribution in [2.45, 2.75) is 44.2 Å². The lowest BCUT2D eigenvalue weighted by Gasteiger charge is -2.43. The maximum Gasteiger partial charge on any atom is 0.241 e. The van der Waals surface area contributed by atoms with Gasteiger partial charge in [-0.25, -0.2) is 0 Å². The highest BCUT2D eigenvalue weighted by atomic mass is 16.5. The summed E-state index contributed by atoms with van der Waals surface area (Å²) in [6, 6.07) is 7.55. The summed E-state index contributed by atoms with van der Waals surface area (Å²) in [5, 5.41) is 6.73. The van der Waals surface area contributed by atoms with Crippen LogP contribution in [-0.4, -0.2) is 48.5 Å². The number of rotatable bonds is 5. The summed E-state index contributed by atoms with van der Waals surface area (Å²) in [5.41, 5.74) is 7.09. The first-order valence-corrected chi connectivity index (χ1v) is 9.34. The van der Waals surface area contributed by atoms with Crippen LogP contribution in [0, 0.1) is 0 Å². The third kappa shape index (κ3) is 3.68. The average molecular weight is 359 g/mol. The average Bonchev–Trinajstić information content (AvgIpc) is 3.23. The van der Waals surface area contributed by atoms with Gasteiger partial charge in [-0.1, -0.05) is 24.3 Å². The van der Waals surface area contributed by atoms with E-state index in [1.807, 2.05) is 31.2 Å². The molecular weight excluding hydrogens is 330 g/mol. The van der Waals surface area contributed by atoms with Gasteiger partial charge in [0.25, 0.3) is 0 Å². The zero-order valence-corrected chi connectivity index (χ0v) is 15.4. The van der Waals surface area contributed by atoms with Gasteiger partial charge in [-0.05, 0) is 51.3 Å². The molecule has 5 N–H and O–H groups in total. The Kier molecular flexibility index (Phi) is 5.78. The summed E-state index contributed by atoms with van der Waals surface area (Å²) in [7, 11) is 0. The standard InChI is InChI=1S/C19H29N5O2/c1-14(15-4-6-16(7-5-15)17(20)23-21)22-18(25)19(8-12-26-13-9-19)24-10-2-3-11-24/h4-7,14H,2-3,8-13,21H2,1H3,(H2,20,23)(H,22,25). The van der Waals surface area contributed by atoms with Gasteiger partial charge < -0.3 is 21.6 Å². The van der Waals surface area contributed by atoms with E-state index in [4.69, 9.17) is 16.3 Å². The number of nitrogens with zero attached hydrogens (tertiary/aromatic N) is 2. The number of amides is 1. The second-order valence-corrected chi connectivity index (χ2v) is 7.17. The molecule has 0 aliphatic carbocycles. The Hall–Kier alpha value is -2.12. The molecule has 1 unspecified atom stereocenters. The van der Waals surface area contributed by atoms with Crippen LogP contribution in [0.5, 0.6) is 0 Å². The van der Waals surface area contributed by atoms with Crippen LogP contribution in [0.15, 0.2) is 29.4 Å². The Morgan fingerprint density at radius 2 is 1.85 bits per heavy atom. The van der Waals surface area contributed by atoms with Crippen molar-refractivity contribution >= 4 is 11.7 Å². The maximum atomic E-state index is 13.2. The van der Waals surface area contributed by atoms with Crippen LogP contribution in [0.1, 0.15) is 49.8 Å². The number of hydrazone groups is 1. The normalized spacial score (nSPS) is 22.1. The molecule has 1 amide bonds. The van der Waals surface area contributed by atoms with Gasteiger partial charge in [0.2, 0.25) is 5.91 Å². The van der Waals surface area contributed by atoms with E-state index >= 15 is 0 Å². The van der Waals surface area contributed by atoms with Crippen molar-refractivity contribution in [3.05, 3.63) is 35.4 Å². The van der Waals surface area contributed by atoms with Crippen LogP contribution >= 0.6 is 0 Å². The van der Waals surface area contributed by atoms with E-state index in [2.05, 4.69) is 15.3 Å². The minimum atomic E-state index is -0.431. The largest absolute Gasteiger partial charge is 0.382 e. The molecule has 2 saturated heterocycles. The van der Waals surface area contributed by atoms with Crippen LogP contribution < -0.4 is 16.9 Å². The van der Waals surface area contributed by atoms with Crippen molar-refractivity contribution in [2.75, 3.05) is 26.3 Å². The number of amidine groups is 1. The maximum absolute atomic E-state index is 13.2. The number of nitrogens with one attached hydrogen (secondary N) is 1. The fraction of sp³-hybridized carbons (Fsp3) is 0.579. The second-order valence-electron chi connectivity index (χ2n) is 7.17. The van der Waals surface area contributed by atoms with Crippen molar-refractivity contribution < 1.29 is 9.53 Å². The molecule has 0 bridgehead atoms. The Labute approximate surface area is 154 Å². The summed E-state index contributed by atoms with van der Waals surface area (Å²) in [6.07, 6.45) is 3.84. The van der Waals surface area contributed by atoms with Crippen LogP contribution in [0.3, 0.4) is 0 Å². The van der Waals surface area contributed by atoms with Crippen molar-refractivity contribution in [1.82, 2.24) is 10.2 Å². The molecule has 26 heavy (non-hydrogen) atoms. The van der Waals surface area contributed by atoms with Gasteiger partial charge in [0, 0.05) is 18.8 Å². The second kappa shape index (κ2) is 8.05. The van der Waals surface area contributed by atoms with E-state index in [9.17, 15) is 4.79 Å². The van der Waals surface area contributed by atoms with E-state index in [1.54, 1.807) is 0 Å². The fourth-order valence-electron chi connectivity index (χ4n) is 3.97. The van der Waals surface area contributed by atoms with Gasteiger partial charge in [-0.15, -0.1) is 0 Å². The Bertz CT molecular complexity index is 646. The number of likely N-dealkylation sites (tertiary alicyclic amines) is 1. The number of carbonyl (C=O) groups is 1. The first-order valence-electron chi connectivity index (χ1n) is 9.34. The van der Waals surface area contributed by atoms with Crippen molar-refractivity contribution in [3.8, 4) is 0 Å². The van der Waals surface area contributed by atoms with E-state index in [-0.39, 0.29) is 11.9 Å². The summed E-state index contributed by atoms with van der Waals surface area (Å²) in [6.45, 7) is 5.28. The van der Waals surface area contributed by atoms with Gasteiger partial charge in [0.15, 0.2) is 0 Å². The predicted octanol–water partition coefficient (Wildman–Crippen LogP) is 1.09. The smallest absolute Gasteiger partial charge is 0.241 e. The molecule has 2 fully saturated rings. The molecule has 142 valence electrons. The summed E-state index contributed by atoms with van der Waals surface area (Å²) >= 11 is 0. The molecule has 7 nitrogen and oxygen atoms in total. The number of hydrogen-bond donors (Lipinski definition) is 3. The van der Waals surface area contributed by atoms with Crippen molar-refractivity contribution in [1.29, 1.82) is 0 Å². The quantitative estimate of drug-likeness (QED) is 0.316. The highest BCUT2D eigenvalue weighted by Crippen LogP contribution is 2.32. The zero-order valence-electron chi connectivity index (χ0n) is 15.4. The Balaban J connectivity index is 1.72. The van der Waals surface area contributed by atoms with Gasteiger partial charge in [-0.3, -0.25) is 9.69 Å². The van der Waals surface area contributed by atoms with E-state index in [0.29, 0.717) is 19.0 Å². The van der Waals surface area contributed by atoms with E-state index < -0.39 is 5.54 Å². The third-order valence-electron chi connectivity index (χ3n) is 5.65. The van der Waals surface area contributed by atoms with Gasteiger partial charge in [-0.2, -0.15) is 5.10 Å². The molecule has 0 aromatic heterocycles. The van der Waals surface area contributed by atoms with Gasteiger partial charge in [0.1, 0.15) is 11.4 Å². The number of nitrogens with two attached hydrogens (primary N) is 2. The monoisotopic (exact) mass is 359 g/mol. The molecule has 2 heterocycles. The lowest BCUT2D eigenvalue weighted by molar-refractivity contribution is -0.140. The van der Waals surface area contributed by atoms with E-state index in [0.717, 1.165) is 49.9 Å². The third-order valence-corrected chi connectivity index (χ3v) is 5.65.